The number of phosphoric ester groups is 2. The number of hydrogen-bond acceptors (Lipinski definition) is 15. The Hall–Kier alpha value is -4.02. The first-order chi connectivity index (χ1) is 49.7. The predicted octanol–water partition coefficient (Wildman–Crippen LogP) is 23.6. The predicted molar refractivity (Wildman–Crippen MR) is 418 cm³/mol. The Labute approximate surface area is 620 Å². The van der Waals surface area contributed by atoms with Gasteiger partial charge < -0.3 is 33.8 Å². The van der Waals surface area contributed by atoms with Crippen molar-refractivity contribution in [2.45, 2.75) is 367 Å². The second kappa shape index (κ2) is 75.2. The van der Waals surface area contributed by atoms with E-state index in [-0.39, 0.29) is 25.7 Å². The van der Waals surface area contributed by atoms with Crippen LogP contribution in [0.2, 0.25) is 0 Å². The van der Waals surface area contributed by atoms with Crippen LogP contribution in [0.15, 0.2) is 97.2 Å². The number of aliphatic hydroxyl groups excluding tert-OH is 1. The van der Waals surface area contributed by atoms with Crippen LogP contribution in [0.5, 0.6) is 0 Å². The summed E-state index contributed by atoms with van der Waals surface area (Å²) in [4.78, 5) is 73.0. The number of carbonyl (C=O) groups is 4. The van der Waals surface area contributed by atoms with Crippen molar-refractivity contribution in [2.75, 3.05) is 39.6 Å². The maximum absolute atomic E-state index is 13.1. The fourth-order valence-electron chi connectivity index (χ4n) is 10.8. The van der Waals surface area contributed by atoms with Gasteiger partial charge in [0.15, 0.2) is 12.2 Å². The molecule has 0 aliphatic carbocycles. The number of allylic oxidation sites excluding steroid dienone is 16. The fraction of sp³-hybridized carbons (Fsp3) is 0.759. The van der Waals surface area contributed by atoms with Crippen LogP contribution >= 0.6 is 15.6 Å². The lowest BCUT2D eigenvalue weighted by molar-refractivity contribution is -0.161. The normalized spacial score (nSPS) is 14.4. The molecule has 0 spiro atoms. The Balaban J connectivity index is 5.36. The lowest BCUT2D eigenvalue weighted by Crippen LogP contribution is -2.30. The van der Waals surface area contributed by atoms with Crippen LogP contribution in [0.3, 0.4) is 0 Å². The summed E-state index contributed by atoms with van der Waals surface area (Å²) in [5, 5.41) is 10.6. The van der Waals surface area contributed by atoms with Crippen LogP contribution in [0, 0.1) is 0 Å². The van der Waals surface area contributed by atoms with E-state index >= 15 is 0 Å². The first kappa shape index (κ1) is 98.0. The molecule has 5 atom stereocenters. The van der Waals surface area contributed by atoms with E-state index in [0.29, 0.717) is 25.7 Å². The monoisotopic (exact) mass is 1480 g/mol. The van der Waals surface area contributed by atoms with Crippen LogP contribution in [-0.2, 0) is 65.4 Å². The number of ether oxygens (including phenoxy) is 4. The van der Waals surface area contributed by atoms with Crippen molar-refractivity contribution in [1.29, 1.82) is 0 Å². The number of unbranched alkanes of at least 4 members (excludes halogenated alkanes) is 34. The summed E-state index contributed by atoms with van der Waals surface area (Å²) >= 11 is 0. The van der Waals surface area contributed by atoms with E-state index in [0.717, 1.165) is 186 Å². The molecular formula is C83H146O17P2. The molecule has 17 nitrogen and oxygen atoms in total. The summed E-state index contributed by atoms with van der Waals surface area (Å²) in [7, 11) is -9.96. The second-order valence-corrected chi connectivity index (χ2v) is 29.9. The van der Waals surface area contributed by atoms with E-state index in [1.54, 1.807) is 0 Å². The highest BCUT2D eigenvalue weighted by atomic mass is 31.2. The Morgan fingerprint density at radius 1 is 0.284 bits per heavy atom. The summed E-state index contributed by atoms with van der Waals surface area (Å²) < 4.78 is 68.6. The van der Waals surface area contributed by atoms with Crippen LogP contribution < -0.4 is 0 Å². The molecule has 0 bridgehead atoms. The average Bonchev–Trinajstić information content (AvgIpc) is 0.909. The van der Waals surface area contributed by atoms with Crippen LogP contribution in [0.25, 0.3) is 0 Å². The maximum Gasteiger partial charge on any atom is 0.472 e. The molecule has 0 fully saturated rings. The summed E-state index contributed by atoms with van der Waals surface area (Å²) in [6.07, 6.45) is 79.5. The van der Waals surface area contributed by atoms with Gasteiger partial charge in [-0.1, -0.05) is 273 Å². The summed E-state index contributed by atoms with van der Waals surface area (Å²) in [5.41, 5.74) is 0. The van der Waals surface area contributed by atoms with Gasteiger partial charge in [-0.15, -0.1) is 0 Å². The van der Waals surface area contributed by atoms with Gasteiger partial charge in [0.2, 0.25) is 0 Å². The Bertz CT molecular complexity index is 2310. The van der Waals surface area contributed by atoms with Gasteiger partial charge in [0, 0.05) is 25.7 Å². The number of aliphatic hydroxyl groups is 1. The van der Waals surface area contributed by atoms with Crippen LogP contribution in [0.1, 0.15) is 349 Å². The molecule has 0 heterocycles. The topological polar surface area (TPSA) is 237 Å². The molecule has 0 aromatic rings. The third-order valence-electron chi connectivity index (χ3n) is 17.0. The van der Waals surface area contributed by atoms with Gasteiger partial charge in [-0.05, 0) is 148 Å². The molecule has 0 aromatic heterocycles. The zero-order chi connectivity index (χ0) is 74.6. The van der Waals surface area contributed by atoms with Crippen molar-refractivity contribution < 1.29 is 80.2 Å². The van der Waals surface area contributed by atoms with Crippen molar-refractivity contribution in [3.63, 3.8) is 0 Å². The van der Waals surface area contributed by atoms with E-state index < -0.39 is 97.5 Å². The smallest absolute Gasteiger partial charge is 0.462 e. The molecule has 0 saturated carbocycles. The molecule has 0 amide bonds. The van der Waals surface area contributed by atoms with Crippen molar-refractivity contribution in [1.82, 2.24) is 0 Å². The SMILES string of the molecule is CC/C=C\C/C=C\C/C=C\CCCCCCCC(=O)OCC(COP(=O)(O)OCC(O)COP(=O)(O)OCC(COC(=O)CCCCCCCC/C=C\C/C=C\C/C=C\CCCCC)OC(=O)CCCCCCC/C=C\CCCCCCCC)OC(=O)CCCCCCC/C=C\CCCCCC. The number of rotatable bonds is 76. The summed E-state index contributed by atoms with van der Waals surface area (Å²) in [5.74, 6) is -2.21. The molecule has 590 valence electrons. The van der Waals surface area contributed by atoms with Gasteiger partial charge in [-0.3, -0.25) is 37.3 Å². The van der Waals surface area contributed by atoms with Crippen molar-refractivity contribution >= 4 is 39.5 Å². The molecule has 0 radical (unpaired) electrons. The Morgan fingerprint density at radius 3 is 0.824 bits per heavy atom. The number of phosphoric acid groups is 2. The third-order valence-corrected chi connectivity index (χ3v) is 18.9. The van der Waals surface area contributed by atoms with Crippen LogP contribution in [0.4, 0.5) is 0 Å². The molecule has 0 aliphatic rings. The highest BCUT2D eigenvalue weighted by molar-refractivity contribution is 7.47. The van der Waals surface area contributed by atoms with Crippen LogP contribution in [-0.4, -0.2) is 96.7 Å². The van der Waals surface area contributed by atoms with E-state index in [1.807, 2.05) is 0 Å². The van der Waals surface area contributed by atoms with Gasteiger partial charge in [-0.25, -0.2) is 9.13 Å². The van der Waals surface area contributed by atoms with Gasteiger partial charge in [-0.2, -0.15) is 0 Å². The highest BCUT2D eigenvalue weighted by Gasteiger charge is 2.30. The molecule has 0 saturated heterocycles. The highest BCUT2D eigenvalue weighted by Crippen LogP contribution is 2.45. The van der Waals surface area contributed by atoms with Gasteiger partial charge in [0.25, 0.3) is 0 Å². The molecule has 0 aliphatic heterocycles. The molecule has 0 aromatic carbocycles. The number of esters is 4. The summed E-state index contributed by atoms with van der Waals surface area (Å²) in [6, 6.07) is 0. The van der Waals surface area contributed by atoms with Gasteiger partial charge in [0.05, 0.1) is 26.4 Å². The van der Waals surface area contributed by atoms with Gasteiger partial charge >= 0.3 is 39.5 Å². The molecule has 0 rings (SSSR count). The average molecular weight is 1480 g/mol. The molecule has 19 heteroatoms. The van der Waals surface area contributed by atoms with E-state index in [4.69, 9.17) is 37.0 Å². The molecular weight excluding hydrogens is 1330 g/mol. The minimum Gasteiger partial charge on any atom is -0.462 e. The second-order valence-electron chi connectivity index (χ2n) is 27.0. The summed E-state index contributed by atoms with van der Waals surface area (Å²) in [6.45, 7) is 4.70. The first-order valence-corrected chi connectivity index (χ1v) is 43.5. The van der Waals surface area contributed by atoms with E-state index in [9.17, 15) is 43.2 Å². The lowest BCUT2D eigenvalue weighted by Gasteiger charge is -2.21. The minimum absolute atomic E-state index is 0.0811. The Kier molecular flexibility index (Phi) is 72.3. The number of hydrogen-bond donors (Lipinski definition) is 3. The molecule has 5 unspecified atom stereocenters. The molecule has 3 N–H and O–H groups in total. The van der Waals surface area contributed by atoms with Crippen molar-refractivity contribution in [3.8, 4) is 0 Å². The minimum atomic E-state index is -4.98. The largest absolute Gasteiger partial charge is 0.472 e. The van der Waals surface area contributed by atoms with Crippen molar-refractivity contribution in [2.24, 2.45) is 0 Å². The van der Waals surface area contributed by atoms with Gasteiger partial charge in [0.1, 0.15) is 19.3 Å². The number of carbonyl (C=O) groups excluding carboxylic acids is 4. The third kappa shape index (κ3) is 74.3. The lowest BCUT2D eigenvalue weighted by atomic mass is 10.1. The molecule has 102 heavy (non-hydrogen) atoms. The van der Waals surface area contributed by atoms with E-state index in [1.165, 1.54) is 83.5 Å². The zero-order valence-electron chi connectivity index (χ0n) is 64.5. The zero-order valence-corrected chi connectivity index (χ0v) is 66.3. The Morgan fingerprint density at radius 2 is 0.510 bits per heavy atom. The quantitative estimate of drug-likeness (QED) is 0.0169. The standard InChI is InChI=1S/C83H146O17P2/c1-5-9-13-17-21-25-29-33-36-37-38-39-42-45-48-52-56-60-64-68-81(86)94-74-79(100-83(88)70-66-62-58-54-50-46-41-35-31-27-23-19-15-11-7-3)76-98-102(91,92)96-72-77(84)71-95-101(89,90)97-75-78(99-82(87)69-65-61-57-53-49-43-32-28-24-20-16-12-8-4)73-93-80(85)67-63-59-55-51-47-44-40-34-30-26-22-18-14-10-6-2/h10,14,21-22,25-26,28,32-36,38-41,77-79,84H,5-9,11-13,15-20,23-24,27,29-31,37,42-76H2,1-4H3,(H,89,90)(H,91,92)/b14-10-,25-21-,26-22-,32-28-,36-33-,39-38-,40-34-,41-35-. The van der Waals surface area contributed by atoms with Crippen molar-refractivity contribution in [3.05, 3.63) is 97.2 Å². The maximum atomic E-state index is 13.1. The fourth-order valence-corrected chi connectivity index (χ4v) is 12.4. The first-order valence-electron chi connectivity index (χ1n) is 40.5. The van der Waals surface area contributed by atoms with E-state index in [2.05, 4.69) is 125 Å².